The van der Waals surface area contributed by atoms with Crippen LogP contribution in [0.3, 0.4) is 0 Å². The Morgan fingerprint density at radius 1 is 0.290 bits per heavy atom. The summed E-state index contributed by atoms with van der Waals surface area (Å²) < 4.78 is 0. The van der Waals surface area contributed by atoms with E-state index in [1.54, 1.807) is 24.9 Å². The van der Waals surface area contributed by atoms with Crippen LogP contribution in [0.4, 0.5) is 0 Å². The molecule has 0 N–H and O–H groups in total. The maximum atomic E-state index is 13.3. The zero-order valence-corrected chi connectivity index (χ0v) is 75.0. The van der Waals surface area contributed by atoms with Crippen molar-refractivity contribution in [2.45, 2.75) is 356 Å². The molecule has 0 amide bonds. The molecule has 0 aliphatic rings. The third-order valence-corrected chi connectivity index (χ3v) is 16.3. The molecule has 0 atom stereocenters. The minimum Gasteiger partial charge on any atom is -0.872 e. The maximum Gasteiger partial charge on any atom is 3.00 e. The normalized spacial score (nSPS) is 13.1. The third kappa shape index (κ3) is 37.9. The van der Waals surface area contributed by atoms with E-state index in [9.17, 15) is 20.4 Å². The smallest absolute Gasteiger partial charge is 0.872 e. The number of benzene rings is 4. The van der Waals surface area contributed by atoms with Crippen LogP contribution in [0.25, 0.3) is 10.6 Å². The first kappa shape index (κ1) is 101. The van der Waals surface area contributed by atoms with Gasteiger partial charge in [0, 0.05) is 61.9 Å². The zero-order valence-electron chi connectivity index (χ0n) is 71.4. The van der Waals surface area contributed by atoms with E-state index in [1.807, 2.05) is 24.3 Å². The Bertz CT molecular complexity index is 2760. The Morgan fingerprint density at radius 3 is 0.560 bits per heavy atom. The van der Waals surface area contributed by atoms with Crippen molar-refractivity contribution in [1.29, 1.82) is 0 Å². The van der Waals surface area contributed by atoms with Crippen molar-refractivity contribution < 1.29 is 72.1 Å². The number of aliphatic imine (C=N–C) groups is 4. The molecule has 0 saturated carbocycles. The van der Waals surface area contributed by atoms with Crippen LogP contribution in [0.1, 0.15) is 356 Å². The number of rotatable bonds is 19. The first-order chi connectivity index (χ1) is 44.0. The quantitative estimate of drug-likeness (QED) is 0.0673. The van der Waals surface area contributed by atoms with Gasteiger partial charge < -0.3 is 31.1 Å². The summed E-state index contributed by atoms with van der Waals surface area (Å²) in [6.07, 6.45) is 12.5. The Hall–Kier alpha value is -3.58. The van der Waals surface area contributed by atoms with Gasteiger partial charge in [0.25, 0.3) is 0 Å². The molecule has 0 aliphatic heterocycles. The molecule has 0 fully saturated rings. The summed E-state index contributed by atoms with van der Waals surface area (Å²) in [5, 5.41) is 61.6. The molecule has 4 aromatic carbocycles. The van der Waals surface area contributed by atoms with Crippen molar-refractivity contribution in [3.05, 3.63) is 126 Å². The SMILES string of the molecule is CC(C)(CN=Cc1cc(C(C)(C)C)cc(C(C)(C)C)c1[O-])CN=Cc1cc(C(C)(C)C)cc(C(C)(C)C)c1[O-].CC(C)(CN=Cc1cc(C(C)(C)C)cc(C(C)(C)C)c1[O-])CN=Cc1cc(C(C)(C)C)cc(C(C)(C)C)c1[O-].CC(C)[N-]C(C)C.CC(C)[N-]C(C)C.CCCCCC.[Sc+3].[Sc+3]. The van der Waals surface area contributed by atoms with Crippen molar-refractivity contribution in [2.75, 3.05) is 26.2 Å². The summed E-state index contributed by atoms with van der Waals surface area (Å²) in [7, 11) is 0. The minimum absolute atomic E-state index is 0. The summed E-state index contributed by atoms with van der Waals surface area (Å²) in [6.45, 7) is 82.6. The van der Waals surface area contributed by atoms with Crippen LogP contribution in [0.2, 0.25) is 0 Å². The van der Waals surface area contributed by atoms with Gasteiger partial charge in [0.15, 0.2) is 0 Å². The average Bonchev–Trinajstić information content (AvgIpc) is 0.811. The second-order valence-electron chi connectivity index (χ2n) is 38.4. The van der Waals surface area contributed by atoms with Gasteiger partial charge in [0.1, 0.15) is 0 Å². The first-order valence-electron chi connectivity index (χ1n) is 36.9. The molecule has 0 bridgehead atoms. The zero-order chi connectivity index (χ0) is 76.9. The van der Waals surface area contributed by atoms with Gasteiger partial charge in [-0.05, 0) is 110 Å². The Balaban J connectivity index is -0.00000145. The molecule has 0 aliphatic carbocycles. The summed E-state index contributed by atoms with van der Waals surface area (Å²) in [5.74, 6) is 0.190. The van der Waals surface area contributed by atoms with Crippen molar-refractivity contribution >= 4 is 24.9 Å². The molecule has 12 heteroatoms. The van der Waals surface area contributed by atoms with Crippen LogP contribution in [0, 0.1) is 10.8 Å². The van der Waals surface area contributed by atoms with Crippen molar-refractivity contribution in [1.82, 2.24) is 0 Å². The van der Waals surface area contributed by atoms with Crippen LogP contribution in [-0.4, -0.2) is 75.2 Å². The van der Waals surface area contributed by atoms with Crippen molar-refractivity contribution in [3.63, 3.8) is 0 Å². The number of nitrogens with zero attached hydrogens (tertiary/aromatic N) is 6. The molecule has 100 heavy (non-hydrogen) atoms. The minimum atomic E-state index is -0.244. The van der Waals surface area contributed by atoms with Gasteiger partial charge in [-0.1, -0.05) is 360 Å². The Morgan fingerprint density at radius 2 is 0.450 bits per heavy atom. The Labute approximate surface area is 654 Å². The monoisotopic (exact) mass is 1440 g/mol. The molecule has 0 unspecified atom stereocenters. The summed E-state index contributed by atoms with van der Waals surface area (Å²) in [6, 6.07) is 18.2. The van der Waals surface area contributed by atoms with E-state index in [0.29, 0.717) is 72.6 Å². The topological polar surface area (TPSA) is 170 Å². The summed E-state index contributed by atoms with van der Waals surface area (Å²) in [5.41, 5.74) is 8.66. The standard InChI is InChI=1S/2C35H54N2O2.2C6H14N.C6H14.2Sc/c2*1-31(2,3)25-15-23(29(38)27(17-25)33(7,8)9)19-36-21-35(13,14)22-37-20-24-16-26(32(4,5)6)18-28(30(24)39)34(10,11)12;2*1-5(2)7-6(3)4;1-3-5-6-4-2;;/h2*15-20,38-39H,21-22H2,1-14H3;2*5-6H,1-4H3;3-6H2,1-2H3;;/q;;2*-1;;2*+3/p-4. The van der Waals surface area contributed by atoms with E-state index in [0.717, 1.165) is 44.5 Å². The predicted molar refractivity (Wildman–Crippen MR) is 428 cm³/mol. The average molecular weight is 1440 g/mol. The Kier molecular flexibility index (Phi) is 42.2. The molecule has 0 spiro atoms. The van der Waals surface area contributed by atoms with Crippen LogP contribution in [-0.2, 0) is 95.0 Å². The van der Waals surface area contributed by atoms with Crippen molar-refractivity contribution in [2.24, 2.45) is 30.8 Å². The maximum absolute atomic E-state index is 13.3. The third-order valence-electron chi connectivity index (χ3n) is 16.3. The number of hydrogen-bond donors (Lipinski definition) is 0. The molecule has 0 aromatic heterocycles. The molecule has 4 aromatic rings. The summed E-state index contributed by atoms with van der Waals surface area (Å²) >= 11 is 0. The van der Waals surface area contributed by atoms with E-state index in [-0.39, 0.29) is 129 Å². The van der Waals surface area contributed by atoms with Crippen LogP contribution in [0.15, 0.2) is 68.5 Å². The van der Waals surface area contributed by atoms with Gasteiger partial charge in [0.2, 0.25) is 0 Å². The summed E-state index contributed by atoms with van der Waals surface area (Å²) in [4.78, 5) is 18.8. The molecular formula is C88H146N6O4Sc2. The number of hydrogen-bond acceptors (Lipinski definition) is 8. The van der Waals surface area contributed by atoms with E-state index >= 15 is 0 Å². The largest absolute Gasteiger partial charge is 3.00 e. The fourth-order valence-corrected chi connectivity index (χ4v) is 10.3. The van der Waals surface area contributed by atoms with Crippen molar-refractivity contribution in [3.8, 4) is 23.0 Å². The van der Waals surface area contributed by atoms with Gasteiger partial charge >= 0.3 is 51.7 Å². The molecule has 10 nitrogen and oxygen atoms in total. The van der Waals surface area contributed by atoms with Gasteiger partial charge in [-0.15, -0.1) is 24.2 Å². The second kappa shape index (κ2) is 41.9. The molecule has 0 radical (unpaired) electrons. The molecule has 558 valence electrons. The van der Waals surface area contributed by atoms with Gasteiger partial charge in [-0.2, -0.15) is 0 Å². The molecule has 0 heterocycles. The number of unbranched alkanes of at least 4 members (excludes halogenated alkanes) is 3. The van der Waals surface area contributed by atoms with E-state index < -0.39 is 0 Å². The van der Waals surface area contributed by atoms with Crippen LogP contribution >= 0.6 is 0 Å². The van der Waals surface area contributed by atoms with Crippen LogP contribution in [0.5, 0.6) is 23.0 Å². The van der Waals surface area contributed by atoms with E-state index in [2.05, 4.69) is 298 Å². The fraction of sp³-hybridized carbons (Fsp3) is 0.682. The molecule has 4 rings (SSSR count). The van der Waals surface area contributed by atoms with Crippen LogP contribution < -0.4 is 20.4 Å². The predicted octanol–water partition coefficient (Wildman–Crippen LogP) is 22.1. The molecular weight excluding hydrogens is 1290 g/mol. The fourth-order valence-electron chi connectivity index (χ4n) is 10.3. The van der Waals surface area contributed by atoms with E-state index in [4.69, 9.17) is 20.0 Å². The van der Waals surface area contributed by atoms with Gasteiger partial charge in [0.05, 0.1) is 0 Å². The van der Waals surface area contributed by atoms with E-state index in [1.165, 1.54) is 25.7 Å². The first-order valence-corrected chi connectivity index (χ1v) is 36.9. The van der Waals surface area contributed by atoms with Gasteiger partial charge in [-0.25, -0.2) is 0 Å². The van der Waals surface area contributed by atoms with Gasteiger partial charge in [-0.3, -0.25) is 20.0 Å². The molecule has 0 saturated heterocycles. The second-order valence-corrected chi connectivity index (χ2v) is 38.4.